The Kier molecular flexibility index (Phi) is 5.85. The smallest absolute Gasteiger partial charge is 0.348 e. The van der Waals surface area contributed by atoms with Gasteiger partial charge in [0, 0.05) is 31.7 Å². The van der Waals surface area contributed by atoms with Crippen LogP contribution in [-0.2, 0) is 16.0 Å². The zero-order chi connectivity index (χ0) is 19.4. The van der Waals surface area contributed by atoms with E-state index in [4.69, 9.17) is 0 Å². The number of carbonyl (C=O) groups excluding carboxylic acids is 3. The van der Waals surface area contributed by atoms with Gasteiger partial charge in [-0.2, -0.15) is 0 Å². The molecule has 0 aliphatic carbocycles. The van der Waals surface area contributed by atoms with Gasteiger partial charge in [-0.1, -0.05) is 0 Å². The average Bonchev–Trinajstić information content (AvgIpc) is 3.16. The maximum absolute atomic E-state index is 13.0. The molecule has 0 bridgehead atoms. The largest absolute Gasteiger partial charge is 0.465 e. The number of thiophene rings is 1. The zero-order valence-electron chi connectivity index (χ0n) is 14.8. The van der Waals surface area contributed by atoms with E-state index in [0.29, 0.717) is 36.6 Å². The van der Waals surface area contributed by atoms with Crippen LogP contribution in [0.25, 0.3) is 0 Å². The van der Waals surface area contributed by atoms with Gasteiger partial charge >= 0.3 is 5.97 Å². The van der Waals surface area contributed by atoms with Crippen LogP contribution in [-0.4, -0.2) is 60.9 Å². The Morgan fingerprint density at radius 1 is 1.07 bits per heavy atom. The molecular formula is C19H19FN2O4S. The fourth-order valence-corrected chi connectivity index (χ4v) is 3.73. The highest BCUT2D eigenvalue weighted by atomic mass is 32.1. The summed E-state index contributed by atoms with van der Waals surface area (Å²) in [4.78, 5) is 40.2. The highest BCUT2D eigenvalue weighted by molar-refractivity contribution is 7.12. The number of halogens is 1. The van der Waals surface area contributed by atoms with E-state index in [-0.39, 0.29) is 24.1 Å². The molecule has 0 N–H and O–H groups in total. The number of nitrogens with zero attached hydrogens (tertiary/aromatic N) is 2. The van der Waals surface area contributed by atoms with E-state index in [1.165, 1.54) is 42.7 Å². The summed E-state index contributed by atoms with van der Waals surface area (Å²) in [5.74, 6) is -1.00. The van der Waals surface area contributed by atoms with E-state index in [2.05, 4.69) is 4.74 Å². The van der Waals surface area contributed by atoms with Crippen LogP contribution in [0.15, 0.2) is 35.7 Å². The Balaban J connectivity index is 1.53. The quantitative estimate of drug-likeness (QED) is 0.751. The van der Waals surface area contributed by atoms with E-state index >= 15 is 0 Å². The maximum atomic E-state index is 13.0. The van der Waals surface area contributed by atoms with Gasteiger partial charge in [-0.25, -0.2) is 9.18 Å². The van der Waals surface area contributed by atoms with E-state index in [1.807, 2.05) is 0 Å². The van der Waals surface area contributed by atoms with E-state index < -0.39 is 5.97 Å². The highest BCUT2D eigenvalue weighted by Gasteiger charge is 2.25. The van der Waals surface area contributed by atoms with Crippen molar-refractivity contribution >= 4 is 29.1 Å². The number of rotatable bonds is 4. The Morgan fingerprint density at radius 2 is 1.70 bits per heavy atom. The van der Waals surface area contributed by atoms with E-state index in [9.17, 15) is 18.8 Å². The molecule has 2 amide bonds. The second-order valence-electron chi connectivity index (χ2n) is 6.17. The topological polar surface area (TPSA) is 66.9 Å². The predicted octanol–water partition coefficient (Wildman–Crippen LogP) is 2.20. The van der Waals surface area contributed by atoms with Crippen LogP contribution < -0.4 is 0 Å². The molecule has 1 fully saturated rings. The summed E-state index contributed by atoms with van der Waals surface area (Å²) in [6, 6.07) is 7.12. The van der Waals surface area contributed by atoms with Gasteiger partial charge in [0.15, 0.2) is 0 Å². The van der Waals surface area contributed by atoms with Crippen molar-refractivity contribution in [3.05, 3.63) is 57.5 Å². The van der Waals surface area contributed by atoms with Crippen molar-refractivity contribution in [2.24, 2.45) is 0 Å². The summed E-state index contributed by atoms with van der Waals surface area (Å²) in [6.07, 6.45) is 0.208. The number of benzene rings is 1. The van der Waals surface area contributed by atoms with E-state index in [1.54, 1.807) is 21.2 Å². The molecule has 142 valence electrons. The van der Waals surface area contributed by atoms with Gasteiger partial charge in [0.05, 0.1) is 13.5 Å². The fraction of sp³-hybridized carbons (Fsp3) is 0.316. The average molecular weight is 390 g/mol. The van der Waals surface area contributed by atoms with Crippen LogP contribution in [0, 0.1) is 5.82 Å². The molecule has 1 aliphatic heterocycles. The third-order valence-corrected chi connectivity index (χ3v) is 5.37. The molecule has 2 heterocycles. The molecule has 0 saturated carbocycles. The van der Waals surface area contributed by atoms with Gasteiger partial charge in [0.2, 0.25) is 5.91 Å². The summed E-state index contributed by atoms with van der Waals surface area (Å²) in [5, 5.41) is 1.78. The SMILES string of the molecule is COC(=O)c1cc(CC(=O)N2CCN(C(=O)c3ccc(F)cc3)CC2)cs1. The minimum absolute atomic E-state index is 0.0434. The molecule has 0 unspecified atom stereocenters. The molecule has 3 rings (SSSR count). The van der Waals surface area contributed by atoms with Gasteiger partial charge in [-0.3, -0.25) is 9.59 Å². The monoisotopic (exact) mass is 390 g/mol. The third-order valence-electron chi connectivity index (χ3n) is 4.41. The molecule has 0 spiro atoms. The lowest BCUT2D eigenvalue weighted by Crippen LogP contribution is -2.51. The molecule has 8 heteroatoms. The molecule has 1 aromatic carbocycles. The first-order chi connectivity index (χ1) is 13.0. The van der Waals surface area contributed by atoms with Crippen LogP contribution in [0.1, 0.15) is 25.6 Å². The number of piperazine rings is 1. The number of ether oxygens (including phenoxy) is 1. The predicted molar refractivity (Wildman–Crippen MR) is 98.2 cm³/mol. The molecule has 0 atom stereocenters. The second kappa shape index (κ2) is 8.30. The normalized spacial score (nSPS) is 14.1. The molecule has 1 saturated heterocycles. The Bertz CT molecular complexity index is 842. The van der Waals surface area contributed by atoms with E-state index in [0.717, 1.165) is 5.56 Å². The Morgan fingerprint density at radius 3 is 2.33 bits per heavy atom. The van der Waals surface area contributed by atoms with Crippen LogP contribution in [0.5, 0.6) is 0 Å². The number of hydrogen-bond donors (Lipinski definition) is 0. The molecule has 1 aromatic heterocycles. The number of carbonyl (C=O) groups is 3. The van der Waals surface area contributed by atoms with Crippen LogP contribution in [0.4, 0.5) is 4.39 Å². The van der Waals surface area contributed by atoms with Gasteiger partial charge < -0.3 is 14.5 Å². The summed E-state index contributed by atoms with van der Waals surface area (Å²) in [7, 11) is 1.32. The summed E-state index contributed by atoms with van der Waals surface area (Å²) in [6.45, 7) is 1.75. The number of hydrogen-bond acceptors (Lipinski definition) is 5. The maximum Gasteiger partial charge on any atom is 0.348 e. The zero-order valence-corrected chi connectivity index (χ0v) is 15.6. The molecule has 2 aromatic rings. The van der Waals surface area contributed by atoms with Crippen LogP contribution in [0.2, 0.25) is 0 Å². The number of esters is 1. The standard InChI is InChI=1S/C19H19FN2O4S/c1-26-19(25)16-10-13(12-27-16)11-17(23)21-6-8-22(9-7-21)18(24)14-2-4-15(20)5-3-14/h2-5,10,12H,6-9,11H2,1H3. The van der Waals surface area contributed by atoms with Crippen molar-refractivity contribution in [2.45, 2.75) is 6.42 Å². The molecule has 1 aliphatic rings. The highest BCUT2D eigenvalue weighted by Crippen LogP contribution is 2.17. The molecule has 0 radical (unpaired) electrons. The molecule has 6 nitrogen and oxygen atoms in total. The van der Waals surface area contributed by atoms with Gasteiger partial charge in [-0.05, 0) is 41.3 Å². The van der Waals surface area contributed by atoms with Crippen molar-refractivity contribution in [2.75, 3.05) is 33.3 Å². The summed E-state index contributed by atoms with van der Waals surface area (Å²) < 4.78 is 17.6. The number of amides is 2. The third kappa shape index (κ3) is 4.51. The van der Waals surface area contributed by atoms with Crippen molar-refractivity contribution in [1.82, 2.24) is 9.80 Å². The lowest BCUT2D eigenvalue weighted by atomic mass is 10.1. The van der Waals surface area contributed by atoms with Gasteiger partial charge in [0.25, 0.3) is 5.91 Å². The van der Waals surface area contributed by atoms with Crippen LogP contribution in [0.3, 0.4) is 0 Å². The van der Waals surface area contributed by atoms with Gasteiger partial charge in [-0.15, -0.1) is 11.3 Å². The molecule has 27 heavy (non-hydrogen) atoms. The van der Waals surface area contributed by atoms with Crippen molar-refractivity contribution < 1.29 is 23.5 Å². The van der Waals surface area contributed by atoms with Crippen LogP contribution >= 0.6 is 11.3 Å². The van der Waals surface area contributed by atoms with Crippen molar-refractivity contribution in [3.8, 4) is 0 Å². The fourth-order valence-electron chi connectivity index (χ4n) is 2.90. The first-order valence-electron chi connectivity index (χ1n) is 8.46. The van der Waals surface area contributed by atoms with Crippen molar-refractivity contribution in [1.29, 1.82) is 0 Å². The molecular weight excluding hydrogens is 371 g/mol. The lowest BCUT2D eigenvalue weighted by molar-refractivity contribution is -0.131. The summed E-state index contributed by atoms with van der Waals surface area (Å²) >= 11 is 1.25. The minimum atomic E-state index is -0.411. The Hall–Kier alpha value is -2.74. The van der Waals surface area contributed by atoms with Crippen molar-refractivity contribution in [3.63, 3.8) is 0 Å². The number of methoxy groups -OCH3 is 1. The van der Waals surface area contributed by atoms with Gasteiger partial charge in [0.1, 0.15) is 10.7 Å². The minimum Gasteiger partial charge on any atom is -0.465 e. The Labute approximate surface area is 160 Å². The first-order valence-corrected chi connectivity index (χ1v) is 9.34. The summed E-state index contributed by atoms with van der Waals surface area (Å²) in [5.41, 5.74) is 1.21. The lowest BCUT2D eigenvalue weighted by Gasteiger charge is -2.34. The second-order valence-corrected chi connectivity index (χ2v) is 7.08. The first kappa shape index (κ1) is 19.0.